The van der Waals surface area contributed by atoms with Crippen LogP contribution in [0.1, 0.15) is 22.5 Å². The van der Waals surface area contributed by atoms with E-state index in [4.69, 9.17) is 10.5 Å². The number of rotatable bonds is 6. The molecule has 0 atom stereocenters. The van der Waals surface area contributed by atoms with E-state index in [1.54, 1.807) is 19.1 Å². The Morgan fingerprint density at radius 1 is 1.29 bits per heavy atom. The van der Waals surface area contributed by atoms with Gasteiger partial charge in [0, 0.05) is 17.8 Å². The van der Waals surface area contributed by atoms with Crippen LogP contribution in [0.2, 0.25) is 0 Å². The summed E-state index contributed by atoms with van der Waals surface area (Å²) < 4.78 is 5.55. The fourth-order valence-electron chi connectivity index (χ4n) is 1.91. The molecule has 0 aliphatic carbocycles. The van der Waals surface area contributed by atoms with E-state index in [2.05, 4.69) is 10.3 Å². The Hall–Kier alpha value is -2.56. The quantitative estimate of drug-likeness (QED) is 0.797. The van der Waals surface area contributed by atoms with Gasteiger partial charge in [-0.25, -0.2) is 4.98 Å². The lowest BCUT2D eigenvalue weighted by Crippen LogP contribution is -2.25. The molecule has 2 aromatic rings. The summed E-state index contributed by atoms with van der Waals surface area (Å²) in [5, 5.41) is 2.84. The molecule has 21 heavy (non-hydrogen) atoms. The zero-order valence-corrected chi connectivity index (χ0v) is 12.0. The number of nitrogens with zero attached hydrogens (tertiary/aromatic N) is 1. The van der Waals surface area contributed by atoms with Crippen LogP contribution in [0.4, 0.5) is 5.82 Å². The van der Waals surface area contributed by atoms with Crippen LogP contribution in [0.5, 0.6) is 5.75 Å². The molecule has 0 aliphatic rings. The van der Waals surface area contributed by atoms with Gasteiger partial charge >= 0.3 is 0 Å². The van der Waals surface area contributed by atoms with E-state index in [9.17, 15) is 4.79 Å². The number of para-hydroxylation sites is 1. The number of benzene rings is 1. The third-order valence-corrected chi connectivity index (χ3v) is 2.85. The molecule has 0 spiro atoms. The fraction of sp³-hybridized carbons (Fsp3) is 0.250. The molecule has 0 bridgehead atoms. The maximum absolute atomic E-state index is 11.9. The first kappa shape index (κ1) is 14.8. The highest BCUT2D eigenvalue weighted by Gasteiger charge is 2.06. The Morgan fingerprint density at radius 3 is 2.76 bits per heavy atom. The number of carbonyl (C=O) groups is 1. The molecule has 5 heteroatoms. The molecule has 1 aromatic heterocycles. The average Bonchev–Trinajstić information content (AvgIpc) is 2.47. The summed E-state index contributed by atoms with van der Waals surface area (Å²) in [5.74, 6) is 1.04. The van der Waals surface area contributed by atoms with Crippen LogP contribution in [0.15, 0.2) is 42.5 Å². The molecule has 1 heterocycles. The highest BCUT2D eigenvalue weighted by Crippen LogP contribution is 2.08. The number of aromatic nitrogens is 1. The van der Waals surface area contributed by atoms with Crippen molar-refractivity contribution in [3.63, 3.8) is 0 Å². The number of anilines is 1. The summed E-state index contributed by atoms with van der Waals surface area (Å²) in [4.78, 5) is 16.0. The van der Waals surface area contributed by atoms with Gasteiger partial charge in [-0.05, 0) is 37.6 Å². The Morgan fingerprint density at radius 2 is 2.05 bits per heavy atom. The lowest BCUT2D eigenvalue weighted by Gasteiger charge is -2.08. The zero-order valence-electron chi connectivity index (χ0n) is 12.0. The first-order valence-electron chi connectivity index (χ1n) is 6.85. The summed E-state index contributed by atoms with van der Waals surface area (Å²) in [5.41, 5.74) is 6.89. The number of ether oxygens (including phenoxy) is 1. The lowest BCUT2D eigenvalue weighted by molar-refractivity contribution is 0.0951. The van der Waals surface area contributed by atoms with Crippen LogP contribution in [0.3, 0.4) is 0 Å². The lowest BCUT2D eigenvalue weighted by atomic mass is 10.2. The molecule has 2 rings (SSSR count). The van der Waals surface area contributed by atoms with Gasteiger partial charge in [0.1, 0.15) is 11.6 Å². The summed E-state index contributed by atoms with van der Waals surface area (Å²) in [6.45, 7) is 2.91. The third kappa shape index (κ3) is 4.80. The van der Waals surface area contributed by atoms with Crippen LogP contribution in [0.25, 0.3) is 0 Å². The Kier molecular flexibility index (Phi) is 5.15. The van der Waals surface area contributed by atoms with E-state index in [0.29, 0.717) is 24.5 Å². The van der Waals surface area contributed by atoms with E-state index in [-0.39, 0.29) is 5.91 Å². The Labute approximate surface area is 124 Å². The van der Waals surface area contributed by atoms with Crippen LogP contribution in [0, 0.1) is 6.92 Å². The smallest absolute Gasteiger partial charge is 0.251 e. The number of aryl methyl sites for hydroxylation is 1. The number of amides is 1. The van der Waals surface area contributed by atoms with Gasteiger partial charge in [-0.2, -0.15) is 0 Å². The SMILES string of the molecule is Cc1cc(C(=O)NCCCOc2ccccc2)cc(N)n1. The zero-order chi connectivity index (χ0) is 15.1. The topological polar surface area (TPSA) is 77.2 Å². The van der Waals surface area contributed by atoms with Crippen LogP contribution >= 0.6 is 0 Å². The second kappa shape index (κ2) is 7.28. The van der Waals surface area contributed by atoms with Gasteiger partial charge in [-0.3, -0.25) is 4.79 Å². The van der Waals surface area contributed by atoms with Crippen LogP contribution < -0.4 is 15.8 Å². The number of hydrogen-bond donors (Lipinski definition) is 2. The summed E-state index contributed by atoms with van der Waals surface area (Å²) >= 11 is 0. The van der Waals surface area contributed by atoms with Crippen LogP contribution in [-0.4, -0.2) is 24.0 Å². The van der Waals surface area contributed by atoms with Gasteiger partial charge < -0.3 is 15.8 Å². The molecule has 3 N–H and O–H groups in total. The highest BCUT2D eigenvalue weighted by atomic mass is 16.5. The minimum absolute atomic E-state index is 0.146. The predicted molar refractivity (Wildman–Crippen MR) is 82.3 cm³/mol. The molecule has 0 unspecified atom stereocenters. The van der Waals surface area contributed by atoms with E-state index in [1.807, 2.05) is 30.3 Å². The van der Waals surface area contributed by atoms with E-state index in [1.165, 1.54) is 0 Å². The normalized spacial score (nSPS) is 10.1. The number of nitrogens with one attached hydrogen (secondary N) is 1. The van der Waals surface area contributed by atoms with Gasteiger partial charge in [0.05, 0.1) is 6.61 Å². The summed E-state index contributed by atoms with van der Waals surface area (Å²) in [6, 6.07) is 12.9. The molecule has 0 saturated heterocycles. The van der Waals surface area contributed by atoms with Crippen molar-refractivity contribution < 1.29 is 9.53 Å². The van der Waals surface area contributed by atoms with Gasteiger partial charge in [-0.1, -0.05) is 18.2 Å². The van der Waals surface area contributed by atoms with E-state index in [0.717, 1.165) is 17.9 Å². The molecule has 110 valence electrons. The minimum Gasteiger partial charge on any atom is -0.494 e. The Balaban J connectivity index is 1.72. The van der Waals surface area contributed by atoms with Gasteiger partial charge in [0.2, 0.25) is 0 Å². The maximum Gasteiger partial charge on any atom is 0.251 e. The molecule has 0 radical (unpaired) electrons. The summed E-state index contributed by atoms with van der Waals surface area (Å²) in [6.07, 6.45) is 0.736. The van der Waals surface area contributed by atoms with Crippen molar-refractivity contribution in [3.8, 4) is 5.75 Å². The highest BCUT2D eigenvalue weighted by molar-refractivity contribution is 5.94. The maximum atomic E-state index is 11.9. The first-order valence-corrected chi connectivity index (χ1v) is 6.85. The van der Waals surface area contributed by atoms with Crippen molar-refractivity contribution in [1.82, 2.24) is 10.3 Å². The summed E-state index contributed by atoms with van der Waals surface area (Å²) in [7, 11) is 0. The second-order valence-electron chi connectivity index (χ2n) is 4.69. The molecule has 0 saturated carbocycles. The standard InChI is InChI=1S/C16H19N3O2/c1-12-10-13(11-15(17)19-12)16(20)18-8-5-9-21-14-6-3-2-4-7-14/h2-4,6-7,10-11H,5,8-9H2,1H3,(H2,17,19)(H,18,20). The number of hydrogen-bond acceptors (Lipinski definition) is 4. The number of carbonyl (C=O) groups excluding carboxylic acids is 1. The van der Waals surface area contributed by atoms with Gasteiger partial charge in [0.15, 0.2) is 0 Å². The van der Waals surface area contributed by atoms with Crippen molar-refractivity contribution in [1.29, 1.82) is 0 Å². The van der Waals surface area contributed by atoms with Gasteiger partial charge in [0.25, 0.3) is 5.91 Å². The molecular formula is C16H19N3O2. The molecule has 0 fully saturated rings. The molecular weight excluding hydrogens is 266 g/mol. The molecule has 1 aromatic carbocycles. The van der Waals surface area contributed by atoms with Crippen molar-refractivity contribution in [2.75, 3.05) is 18.9 Å². The molecule has 0 aliphatic heterocycles. The van der Waals surface area contributed by atoms with E-state index < -0.39 is 0 Å². The van der Waals surface area contributed by atoms with Crippen molar-refractivity contribution in [2.45, 2.75) is 13.3 Å². The molecule has 1 amide bonds. The largest absolute Gasteiger partial charge is 0.494 e. The minimum atomic E-state index is -0.146. The van der Waals surface area contributed by atoms with Crippen molar-refractivity contribution >= 4 is 11.7 Å². The first-order chi connectivity index (χ1) is 10.1. The number of pyridine rings is 1. The fourth-order valence-corrected chi connectivity index (χ4v) is 1.91. The monoisotopic (exact) mass is 285 g/mol. The number of nitrogens with two attached hydrogens (primary N) is 1. The van der Waals surface area contributed by atoms with Gasteiger partial charge in [-0.15, -0.1) is 0 Å². The Bertz CT molecular complexity index is 579. The van der Waals surface area contributed by atoms with Crippen molar-refractivity contribution in [2.24, 2.45) is 0 Å². The second-order valence-corrected chi connectivity index (χ2v) is 4.69. The van der Waals surface area contributed by atoms with Crippen LogP contribution in [-0.2, 0) is 0 Å². The van der Waals surface area contributed by atoms with Crippen molar-refractivity contribution in [3.05, 3.63) is 53.7 Å². The average molecular weight is 285 g/mol. The number of nitrogen functional groups attached to an aromatic ring is 1. The predicted octanol–water partition coefficient (Wildman–Crippen LogP) is 2.17. The van der Waals surface area contributed by atoms with E-state index >= 15 is 0 Å². The molecule has 5 nitrogen and oxygen atoms in total. The third-order valence-electron chi connectivity index (χ3n) is 2.85.